The third-order valence-electron chi connectivity index (χ3n) is 7.95. The molecule has 3 aliphatic heterocycles. The fourth-order valence-electron chi connectivity index (χ4n) is 6.37. The Balaban J connectivity index is 1.72. The van der Waals surface area contributed by atoms with Gasteiger partial charge in [0.15, 0.2) is 7.14 Å². The van der Waals surface area contributed by atoms with Crippen LogP contribution in [0.4, 0.5) is 0 Å². The van der Waals surface area contributed by atoms with E-state index in [1.165, 1.54) is 41.2 Å². The molecule has 0 spiro atoms. The Bertz CT molecular complexity index is 1580. The molecule has 0 saturated carbocycles. The minimum Gasteiger partial charge on any atom is -0.309 e. The van der Waals surface area contributed by atoms with Crippen molar-refractivity contribution in [3.63, 3.8) is 0 Å². The molecule has 1 aromatic carbocycles. The molecule has 3 atom stereocenters. The third-order valence-corrected chi connectivity index (χ3v) is 15.7. The van der Waals surface area contributed by atoms with E-state index in [2.05, 4.69) is 64.1 Å². The van der Waals surface area contributed by atoms with Crippen molar-refractivity contribution in [2.45, 2.75) is 50.0 Å². The summed E-state index contributed by atoms with van der Waals surface area (Å²) in [6, 6.07) is 10.3. The quantitative estimate of drug-likeness (QED) is 0.426. The van der Waals surface area contributed by atoms with E-state index in [1.54, 1.807) is 0 Å². The molecule has 1 nitrogen and oxygen atoms in total. The van der Waals surface area contributed by atoms with E-state index in [9.17, 15) is 0 Å². The van der Waals surface area contributed by atoms with Crippen LogP contribution in [0, 0.1) is 0 Å². The minimum absolute atomic E-state index is 0.0165. The lowest BCUT2D eigenvalue weighted by atomic mass is 9.77. The van der Waals surface area contributed by atoms with E-state index in [4.69, 9.17) is 0 Å². The van der Waals surface area contributed by atoms with Gasteiger partial charge in [0.2, 0.25) is 0 Å². The fourth-order valence-corrected chi connectivity index (χ4v) is 14.8. The molecule has 5 aliphatic rings. The first-order valence-electron chi connectivity index (χ1n) is 11.5. The van der Waals surface area contributed by atoms with Gasteiger partial charge in [-0.15, -0.1) is 34.9 Å². The number of thiophene rings is 1. The minimum atomic E-state index is -2.93. The van der Waals surface area contributed by atoms with Gasteiger partial charge in [0.05, 0.1) is 9.49 Å². The molecule has 0 saturated heterocycles. The lowest BCUT2D eigenvalue weighted by Gasteiger charge is -2.44. The van der Waals surface area contributed by atoms with Crippen LogP contribution in [0.25, 0.3) is 16.7 Å². The van der Waals surface area contributed by atoms with Gasteiger partial charge < -0.3 is 4.57 Å². The second kappa shape index (κ2) is 6.61. The van der Waals surface area contributed by atoms with Gasteiger partial charge in [-0.3, -0.25) is 0 Å². The molecule has 5 heteroatoms. The summed E-state index contributed by atoms with van der Waals surface area (Å²) in [4.78, 5) is 4.03. The van der Waals surface area contributed by atoms with Crippen molar-refractivity contribution in [3.05, 3.63) is 84.4 Å². The summed E-state index contributed by atoms with van der Waals surface area (Å²) in [6.45, 7) is 9.33. The van der Waals surface area contributed by atoms with Crippen molar-refractivity contribution >= 4 is 69.3 Å². The van der Waals surface area contributed by atoms with E-state index in [0.717, 1.165) is 28.8 Å². The topological polar surface area (TPSA) is 17.1 Å². The van der Waals surface area contributed by atoms with Crippen LogP contribution in [-0.4, -0.2) is 9.49 Å². The third kappa shape index (κ3) is 2.37. The molecular formula is C28H25OPS3. The van der Waals surface area contributed by atoms with Gasteiger partial charge >= 0.3 is 0 Å². The van der Waals surface area contributed by atoms with Crippen LogP contribution in [0.1, 0.15) is 45.4 Å². The number of allylic oxidation sites excluding steroid dienone is 8. The van der Waals surface area contributed by atoms with Gasteiger partial charge in [-0.1, -0.05) is 42.5 Å². The number of hydrogen-bond donors (Lipinski definition) is 0. The SMILES string of the molecule is CC1=CC2=c3sc4c(c3=C3C=C(C)S[C@@]3(C)[C@]2(C)S1)P(=O)(c1ccccc1)C1=C4CCC=C1. The Morgan fingerprint density at radius 3 is 2.33 bits per heavy atom. The lowest BCUT2D eigenvalue weighted by molar-refractivity contribution is 0.591. The molecule has 0 bridgehead atoms. The van der Waals surface area contributed by atoms with Gasteiger partial charge in [0, 0.05) is 30.6 Å². The van der Waals surface area contributed by atoms with E-state index in [-0.39, 0.29) is 9.49 Å². The first-order valence-corrected chi connectivity index (χ1v) is 15.7. The van der Waals surface area contributed by atoms with Crippen LogP contribution in [-0.2, 0) is 4.57 Å². The van der Waals surface area contributed by atoms with Crippen molar-refractivity contribution < 1.29 is 4.57 Å². The fraction of sp³-hybridized carbons (Fsp3) is 0.286. The second-order valence-electron chi connectivity index (χ2n) is 9.84. The highest BCUT2D eigenvalue weighted by atomic mass is 32.2. The monoisotopic (exact) mass is 504 g/mol. The Hall–Kier alpha value is -1.45. The molecule has 4 heterocycles. The Morgan fingerprint density at radius 1 is 0.939 bits per heavy atom. The summed E-state index contributed by atoms with van der Waals surface area (Å²) >= 11 is 5.93. The molecule has 1 unspecified atom stereocenters. The average Bonchev–Trinajstić information content (AvgIpc) is 3.50. The van der Waals surface area contributed by atoms with Crippen LogP contribution >= 0.6 is 42.0 Å². The predicted octanol–water partition coefficient (Wildman–Crippen LogP) is 6.27. The Labute approximate surface area is 207 Å². The number of hydrogen-bond acceptors (Lipinski definition) is 4. The van der Waals surface area contributed by atoms with Crippen LogP contribution in [0.2, 0.25) is 0 Å². The summed E-state index contributed by atoms with van der Waals surface area (Å²) in [5, 5.41) is 4.48. The zero-order valence-electron chi connectivity index (χ0n) is 19.2. The van der Waals surface area contributed by atoms with Crippen molar-refractivity contribution in [2.24, 2.45) is 0 Å². The van der Waals surface area contributed by atoms with E-state index in [1.807, 2.05) is 53.1 Å². The second-order valence-corrected chi connectivity index (χ2v) is 16.9. The number of rotatable bonds is 1. The molecule has 0 N–H and O–H groups in total. The van der Waals surface area contributed by atoms with Crippen LogP contribution < -0.4 is 20.4 Å². The summed E-state index contributed by atoms with van der Waals surface area (Å²) < 4.78 is 16.6. The van der Waals surface area contributed by atoms with Gasteiger partial charge in [0.1, 0.15) is 0 Å². The highest BCUT2D eigenvalue weighted by Crippen LogP contribution is 2.66. The van der Waals surface area contributed by atoms with Gasteiger partial charge in [-0.2, -0.15) is 0 Å². The maximum atomic E-state index is 15.4. The van der Waals surface area contributed by atoms with Crippen LogP contribution in [0.15, 0.2) is 69.8 Å². The summed E-state index contributed by atoms with van der Waals surface area (Å²) in [5.74, 6) is 0. The molecule has 0 fully saturated rings. The Kier molecular flexibility index (Phi) is 4.18. The van der Waals surface area contributed by atoms with Gasteiger partial charge in [0.25, 0.3) is 0 Å². The first kappa shape index (κ1) is 20.9. The largest absolute Gasteiger partial charge is 0.309 e. The Morgan fingerprint density at radius 2 is 1.61 bits per heavy atom. The molecule has 0 radical (unpaired) electrons. The lowest BCUT2D eigenvalue weighted by Crippen LogP contribution is -2.54. The predicted molar refractivity (Wildman–Crippen MR) is 149 cm³/mol. The standard InChI is InChI=1S/C28H25OPS3/c1-16-14-20-23-24-25(31-26(23)21-15-17(2)33-28(21,4)27(20,3)32-16)19-12-8-9-13-22(19)30(24,29)18-10-6-5-7-11-18/h5-7,9-11,13-15H,8,12H2,1-4H3/t27-,28-,30?/m1/s1. The molecule has 2 aliphatic carbocycles. The zero-order valence-corrected chi connectivity index (χ0v) is 22.5. The summed E-state index contributed by atoms with van der Waals surface area (Å²) in [5.41, 5.74) is 4.16. The van der Waals surface area contributed by atoms with Crippen molar-refractivity contribution in [2.75, 3.05) is 0 Å². The van der Waals surface area contributed by atoms with Gasteiger partial charge in [-0.05, 0) is 79.2 Å². The van der Waals surface area contributed by atoms with Crippen molar-refractivity contribution in [1.82, 2.24) is 0 Å². The molecular weight excluding hydrogens is 479 g/mol. The summed E-state index contributed by atoms with van der Waals surface area (Å²) in [6.07, 6.45) is 11.2. The van der Waals surface area contributed by atoms with Crippen molar-refractivity contribution in [3.8, 4) is 0 Å². The molecule has 33 heavy (non-hydrogen) atoms. The number of thioether (sulfide) groups is 2. The average molecular weight is 505 g/mol. The smallest absolute Gasteiger partial charge is 0.173 e. The highest BCUT2D eigenvalue weighted by molar-refractivity contribution is 8.09. The summed E-state index contributed by atoms with van der Waals surface area (Å²) in [7, 11) is -2.93. The van der Waals surface area contributed by atoms with Crippen LogP contribution in [0.5, 0.6) is 0 Å². The first-order chi connectivity index (χ1) is 15.8. The maximum absolute atomic E-state index is 15.4. The van der Waals surface area contributed by atoms with E-state index >= 15 is 4.57 Å². The molecule has 7 rings (SSSR count). The van der Waals surface area contributed by atoms with E-state index in [0.29, 0.717) is 0 Å². The molecule has 0 amide bonds. The molecule has 2 aromatic rings. The highest BCUT2D eigenvalue weighted by Gasteiger charge is 2.58. The van der Waals surface area contributed by atoms with Crippen LogP contribution in [0.3, 0.4) is 0 Å². The number of benzene rings is 1. The van der Waals surface area contributed by atoms with Crippen molar-refractivity contribution in [1.29, 1.82) is 0 Å². The zero-order chi connectivity index (χ0) is 22.8. The normalized spacial score (nSPS) is 33.5. The molecule has 166 valence electrons. The number of fused-ring (bicyclic) bond motifs is 7. The molecule has 1 aromatic heterocycles. The van der Waals surface area contributed by atoms with Gasteiger partial charge in [-0.25, -0.2) is 0 Å². The van der Waals surface area contributed by atoms with E-state index < -0.39 is 7.14 Å². The maximum Gasteiger partial charge on any atom is 0.173 e.